The molecule has 0 aliphatic carbocycles. The molecule has 0 unspecified atom stereocenters. The minimum atomic E-state index is 0. The van der Waals surface area contributed by atoms with Crippen LogP contribution in [0.5, 0.6) is 0 Å². The van der Waals surface area contributed by atoms with Crippen molar-refractivity contribution in [2.24, 2.45) is 0 Å². The van der Waals surface area contributed by atoms with E-state index in [1.165, 1.54) is 99.4 Å². The van der Waals surface area contributed by atoms with Gasteiger partial charge in [0.05, 0.1) is 0 Å². The van der Waals surface area contributed by atoms with Gasteiger partial charge in [-0.2, -0.15) is 0 Å². The number of aryl methyl sites for hydroxylation is 2. The van der Waals surface area contributed by atoms with Gasteiger partial charge in [-0.25, -0.2) is 0 Å². The van der Waals surface area contributed by atoms with E-state index in [2.05, 4.69) is 200 Å². The number of hydrogen-bond donors (Lipinski definition) is 0. The first-order valence-corrected chi connectivity index (χ1v) is 19.9. The van der Waals surface area contributed by atoms with Crippen LogP contribution >= 0.6 is 0 Å². The fourth-order valence-corrected chi connectivity index (χ4v) is 7.03. The van der Waals surface area contributed by atoms with Crippen LogP contribution < -0.4 is 0 Å². The van der Waals surface area contributed by atoms with Gasteiger partial charge in [0.25, 0.3) is 0 Å². The molecule has 0 spiro atoms. The van der Waals surface area contributed by atoms with E-state index in [1.54, 1.807) is 0 Å². The standard InChI is InChI=1S/2C24H21.C2H6Si.Hf/c2*1-16-12-13-22(18(3)17(16)2)23-11-7-10-20-14-21(15-24(20)23)19-8-5-4-6-9-19;1-3-2;/h2*4-15H,1-3H3;1-2H3;/q2*-1;;. The third-order valence-electron chi connectivity index (χ3n) is 10.4. The van der Waals surface area contributed by atoms with Gasteiger partial charge < -0.3 is 0 Å². The largest absolute Gasteiger partial charge is 0.144 e. The molecule has 52 heavy (non-hydrogen) atoms. The molecule has 2 heteroatoms. The molecule has 0 atom stereocenters. The zero-order chi connectivity index (χ0) is 36.1. The van der Waals surface area contributed by atoms with Gasteiger partial charge in [0.15, 0.2) is 0 Å². The molecule has 2 radical (unpaired) electrons. The minimum absolute atomic E-state index is 0. The first-order chi connectivity index (χ1) is 24.7. The maximum atomic E-state index is 2.33. The predicted octanol–water partition coefficient (Wildman–Crippen LogP) is 14.4. The predicted molar refractivity (Wildman–Crippen MR) is 227 cm³/mol. The molecule has 0 aliphatic rings. The molecule has 8 aromatic rings. The van der Waals surface area contributed by atoms with E-state index < -0.39 is 0 Å². The van der Waals surface area contributed by atoms with E-state index in [0.29, 0.717) is 0 Å². The molecule has 0 saturated heterocycles. The molecule has 0 aliphatic heterocycles. The first-order valence-electron chi connectivity index (χ1n) is 17.9. The molecule has 0 aromatic heterocycles. The number of fused-ring (bicyclic) bond motifs is 2. The molecular weight excluding hydrogens is 807 g/mol. The summed E-state index contributed by atoms with van der Waals surface area (Å²) in [5.74, 6) is 0. The van der Waals surface area contributed by atoms with Crippen LogP contribution in [0.25, 0.3) is 66.1 Å². The quantitative estimate of drug-likeness (QED) is 0.122. The number of rotatable bonds is 4. The van der Waals surface area contributed by atoms with E-state index in [1.807, 2.05) is 0 Å². The molecule has 0 nitrogen and oxygen atoms in total. The molecule has 0 heterocycles. The topological polar surface area (TPSA) is 0 Å². The molecule has 0 N–H and O–H groups in total. The summed E-state index contributed by atoms with van der Waals surface area (Å²) in [5.41, 5.74) is 18.7. The number of hydrogen-bond acceptors (Lipinski definition) is 0. The van der Waals surface area contributed by atoms with Crippen molar-refractivity contribution < 1.29 is 25.8 Å². The zero-order valence-corrected chi connectivity index (χ0v) is 36.4. The smallest absolute Gasteiger partial charge is 0.0307 e. The van der Waals surface area contributed by atoms with Crippen LogP contribution in [0, 0.1) is 41.5 Å². The summed E-state index contributed by atoms with van der Waals surface area (Å²) in [6.45, 7) is 17.6. The van der Waals surface area contributed by atoms with Crippen LogP contribution in [0.2, 0.25) is 13.1 Å². The fourth-order valence-electron chi connectivity index (χ4n) is 7.03. The van der Waals surface area contributed by atoms with Crippen LogP contribution in [-0.4, -0.2) is 9.52 Å². The Morgan fingerprint density at radius 1 is 0.385 bits per heavy atom. The summed E-state index contributed by atoms with van der Waals surface area (Å²) in [5, 5.41) is 5.29. The van der Waals surface area contributed by atoms with Crippen molar-refractivity contribution in [3.8, 4) is 44.5 Å². The average molecular weight is 856 g/mol. The summed E-state index contributed by atoms with van der Waals surface area (Å²) in [7, 11) is 1.08. The van der Waals surface area contributed by atoms with Crippen molar-refractivity contribution in [1.82, 2.24) is 0 Å². The second-order valence-electron chi connectivity index (χ2n) is 13.7. The summed E-state index contributed by atoms with van der Waals surface area (Å²) in [6, 6.07) is 52.7. The molecular formula is C50H48HfSi-2. The Morgan fingerprint density at radius 3 is 1.12 bits per heavy atom. The second kappa shape index (κ2) is 17.4. The Morgan fingerprint density at radius 2 is 0.750 bits per heavy atom. The molecule has 0 amide bonds. The van der Waals surface area contributed by atoms with Crippen LogP contribution in [0.15, 0.2) is 146 Å². The van der Waals surface area contributed by atoms with E-state index in [9.17, 15) is 0 Å². The van der Waals surface area contributed by atoms with Gasteiger partial charge in [-0.05, 0) is 86.1 Å². The average Bonchev–Trinajstić information content (AvgIpc) is 3.80. The molecule has 0 fully saturated rings. The van der Waals surface area contributed by atoms with Gasteiger partial charge in [0.2, 0.25) is 0 Å². The second-order valence-corrected chi connectivity index (χ2v) is 14.7. The third kappa shape index (κ3) is 8.14. The summed E-state index contributed by atoms with van der Waals surface area (Å²) < 4.78 is 0. The molecule has 0 saturated carbocycles. The first kappa shape index (κ1) is 38.8. The van der Waals surface area contributed by atoms with Crippen LogP contribution in [0.4, 0.5) is 0 Å². The molecule has 258 valence electrons. The normalized spacial score (nSPS) is 10.6. The summed E-state index contributed by atoms with van der Waals surface area (Å²) >= 11 is 0. The Bertz CT molecular complexity index is 2240. The van der Waals surface area contributed by atoms with Crippen molar-refractivity contribution in [3.63, 3.8) is 0 Å². The Hall–Kier alpha value is -4.37. The minimum Gasteiger partial charge on any atom is -0.144 e. The van der Waals surface area contributed by atoms with Gasteiger partial charge >= 0.3 is 0 Å². The van der Waals surface area contributed by atoms with Crippen molar-refractivity contribution in [1.29, 1.82) is 0 Å². The van der Waals surface area contributed by atoms with Gasteiger partial charge in [-0.15, -0.1) is 69.1 Å². The van der Waals surface area contributed by atoms with Gasteiger partial charge in [-0.3, -0.25) is 0 Å². The van der Waals surface area contributed by atoms with Crippen LogP contribution in [0.3, 0.4) is 0 Å². The van der Waals surface area contributed by atoms with Gasteiger partial charge in [0, 0.05) is 35.4 Å². The maximum absolute atomic E-state index is 2.33. The van der Waals surface area contributed by atoms with Crippen LogP contribution in [-0.2, 0) is 25.8 Å². The fraction of sp³-hybridized carbons (Fsp3) is 0.160. The van der Waals surface area contributed by atoms with E-state index in [-0.39, 0.29) is 25.8 Å². The summed E-state index contributed by atoms with van der Waals surface area (Å²) in [6.07, 6.45) is 0. The zero-order valence-electron chi connectivity index (χ0n) is 31.9. The van der Waals surface area contributed by atoms with Crippen molar-refractivity contribution >= 4 is 31.1 Å². The third-order valence-corrected chi connectivity index (χ3v) is 10.4. The van der Waals surface area contributed by atoms with Crippen molar-refractivity contribution in [3.05, 3.63) is 179 Å². The monoisotopic (exact) mass is 856 g/mol. The van der Waals surface area contributed by atoms with E-state index >= 15 is 0 Å². The molecule has 8 rings (SSSR count). The van der Waals surface area contributed by atoms with Crippen LogP contribution in [0.1, 0.15) is 33.4 Å². The number of benzene rings is 6. The van der Waals surface area contributed by atoms with E-state index in [0.717, 1.165) is 9.52 Å². The molecule has 0 bridgehead atoms. The maximum Gasteiger partial charge on any atom is 0.0307 e. The Labute approximate surface area is 332 Å². The van der Waals surface area contributed by atoms with Gasteiger partial charge in [0.1, 0.15) is 0 Å². The SMILES string of the molecule is C[Si]C.Cc1ccc(-c2cccc3[cH-]c(-c4ccccc4)cc23)c(C)c1C.Cc1ccc(-c2cccc3[cH-]c(-c4ccccc4)cc23)c(C)c1C.[Hf]. The Balaban J connectivity index is 0.000000184. The van der Waals surface area contributed by atoms with E-state index in [4.69, 9.17) is 0 Å². The molecule has 8 aromatic carbocycles. The van der Waals surface area contributed by atoms with Gasteiger partial charge in [-0.1, -0.05) is 145 Å². The van der Waals surface area contributed by atoms with Crippen molar-refractivity contribution in [2.45, 2.75) is 54.6 Å². The summed E-state index contributed by atoms with van der Waals surface area (Å²) in [4.78, 5) is 0. The van der Waals surface area contributed by atoms with Crippen molar-refractivity contribution in [2.75, 3.05) is 0 Å². The Kier molecular flexibility index (Phi) is 13.0.